The number of quaternary nitrogens is 1. The molecule has 11 nitrogen and oxygen atoms in total. The molecule has 1 N–H and O–H groups in total. The Balaban J connectivity index is 4.55. The highest BCUT2D eigenvalue weighted by molar-refractivity contribution is 7.47. The molecule has 0 aliphatic carbocycles. The van der Waals surface area contributed by atoms with Gasteiger partial charge in [0.15, 0.2) is 11.9 Å². The van der Waals surface area contributed by atoms with E-state index in [1.807, 2.05) is 21.1 Å². The average molecular weight is 649 g/mol. The van der Waals surface area contributed by atoms with Crippen LogP contribution in [0.1, 0.15) is 116 Å². The third-order valence-corrected chi connectivity index (χ3v) is 7.77. The van der Waals surface area contributed by atoms with Gasteiger partial charge in [0.2, 0.25) is 0 Å². The van der Waals surface area contributed by atoms with Crippen LogP contribution in [-0.2, 0) is 42.3 Å². The zero-order chi connectivity index (χ0) is 33.1. The van der Waals surface area contributed by atoms with E-state index in [4.69, 9.17) is 18.5 Å². The molecule has 0 radical (unpaired) electrons. The number of ketones is 1. The van der Waals surface area contributed by atoms with Gasteiger partial charge >= 0.3 is 19.8 Å². The van der Waals surface area contributed by atoms with E-state index in [1.54, 1.807) is 0 Å². The van der Waals surface area contributed by atoms with E-state index in [-0.39, 0.29) is 38.3 Å². The number of phosphoric acid groups is 1. The lowest BCUT2D eigenvalue weighted by Gasteiger charge is -2.24. The summed E-state index contributed by atoms with van der Waals surface area (Å²) in [5.74, 6) is -1.73. The Kier molecular flexibility index (Phi) is 25.2. The van der Waals surface area contributed by atoms with Crippen molar-refractivity contribution >= 4 is 31.8 Å². The summed E-state index contributed by atoms with van der Waals surface area (Å²) in [6.45, 7) is 1.70. The van der Waals surface area contributed by atoms with Gasteiger partial charge in [0, 0.05) is 25.3 Å². The monoisotopic (exact) mass is 648 g/mol. The molecular formula is C32H59NO10P+. The van der Waals surface area contributed by atoms with E-state index in [9.17, 15) is 28.6 Å². The number of likely N-dealkylation sites (N-methyl/N-ethyl adjacent to an activating group) is 1. The van der Waals surface area contributed by atoms with Crippen LogP contribution >= 0.6 is 7.82 Å². The zero-order valence-corrected chi connectivity index (χ0v) is 28.6. The number of rotatable bonds is 30. The fourth-order valence-corrected chi connectivity index (χ4v) is 4.86. The van der Waals surface area contributed by atoms with Crippen LogP contribution in [0.3, 0.4) is 0 Å². The van der Waals surface area contributed by atoms with Crippen LogP contribution in [0, 0.1) is 0 Å². The summed E-state index contributed by atoms with van der Waals surface area (Å²) in [5, 5.41) is 0. The lowest BCUT2D eigenvalue weighted by Crippen LogP contribution is -2.37. The molecule has 2 atom stereocenters. The zero-order valence-electron chi connectivity index (χ0n) is 27.7. The number of esters is 2. The van der Waals surface area contributed by atoms with Crippen molar-refractivity contribution in [2.24, 2.45) is 0 Å². The minimum Gasteiger partial charge on any atom is -0.462 e. The van der Waals surface area contributed by atoms with Gasteiger partial charge in [-0.25, -0.2) is 9.36 Å². The second-order valence-electron chi connectivity index (χ2n) is 12.2. The Morgan fingerprint density at radius 2 is 1.34 bits per heavy atom. The number of allylic oxidation sites excluding steroid dienone is 1. The quantitative estimate of drug-likeness (QED) is 0.0237. The molecule has 1 unspecified atom stereocenters. The smallest absolute Gasteiger partial charge is 0.462 e. The van der Waals surface area contributed by atoms with Crippen LogP contribution in [0.25, 0.3) is 0 Å². The molecule has 0 aromatic heterocycles. The lowest BCUT2D eigenvalue weighted by molar-refractivity contribution is -0.870. The second-order valence-corrected chi connectivity index (χ2v) is 13.7. The van der Waals surface area contributed by atoms with Gasteiger partial charge in [-0.15, -0.1) is 0 Å². The first-order valence-electron chi connectivity index (χ1n) is 16.3. The summed E-state index contributed by atoms with van der Waals surface area (Å²) in [6.07, 6.45) is 17.9. The predicted molar refractivity (Wildman–Crippen MR) is 170 cm³/mol. The van der Waals surface area contributed by atoms with Gasteiger partial charge < -0.3 is 23.6 Å². The molecule has 0 aliphatic heterocycles. The molecule has 0 amide bonds. The maximum atomic E-state index is 12.3. The van der Waals surface area contributed by atoms with Crippen molar-refractivity contribution < 1.29 is 51.6 Å². The van der Waals surface area contributed by atoms with Crippen molar-refractivity contribution in [3.8, 4) is 0 Å². The Morgan fingerprint density at radius 3 is 1.89 bits per heavy atom. The van der Waals surface area contributed by atoms with E-state index < -0.39 is 32.5 Å². The molecule has 0 heterocycles. The first-order chi connectivity index (χ1) is 20.9. The number of carbonyl (C=O) groups is 4. The van der Waals surface area contributed by atoms with Crippen molar-refractivity contribution in [2.45, 2.75) is 122 Å². The molecule has 0 rings (SSSR count). The number of unbranched alkanes of at least 4 members (excludes halogenated alkanes) is 13. The van der Waals surface area contributed by atoms with E-state index in [2.05, 4.69) is 6.92 Å². The molecule has 0 saturated carbocycles. The summed E-state index contributed by atoms with van der Waals surface area (Å²) in [6, 6.07) is 0. The molecule has 0 aromatic carbocycles. The van der Waals surface area contributed by atoms with Crippen LogP contribution in [-0.4, -0.2) is 87.0 Å². The van der Waals surface area contributed by atoms with Gasteiger partial charge in [0.1, 0.15) is 26.0 Å². The normalized spacial score (nSPS) is 13.8. The average Bonchev–Trinajstić information content (AvgIpc) is 2.95. The Labute approximate surface area is 265 Å². The second kappa shape index (κ2) is 26.3. The number of carbonyl (C=O) groups excluding carboxylic acids is 4. The third-order valence-electron chi connectivity index (χ3n) is 6.79. The number of ether oxygens (including phenoxy) is 2. The van der Waals surface area contributed by atoms with Crippen LogP contribution in [0.15, 0.2) is 12.2 Å². The Hall–Kier alpha value is -1.91. The summed E-state index contributed by atoms with van der Waals surface area (Å²) in [5.41, 5.74) is 0. The van der Waals surface area contributed by atoms with Crippen LogP contribution in [0.2, 0.25) is 0 Å². The fourth-order valence-electron chi connectivity index (χ4n) is 4.11. The van der Waals surface area contributed by atoms with Gasteiger partial charge in [-0.05, 0) is 18.9 Å². The molecule has 0 fully saturated rings. The maximum absolute atomic E-state index is 12.3. The molecule has 0 bridgehead atoms. The van der Waals surface area contributed by atoms with Crippen LogP contribution < -0.4 is 0 Å². The minimum absolute atomic E-state index is 0.0369. The molecule has 0 aliphatic rings. The van der Waals surface area contributed by atoms with Gasteiger partial charge in [-0.1, -0.05) is 84.0 Å². The van der Waals surface area contributed by atoms with Crippen molar-refractivity contribution in [1.82, 2.24) is 0 Å². The Bertz CT molecular complexity index is 872. The summed E-state index contributed by atoms with van der Waals surface area (Å²) < 4.78 is 33.3. The van der Waals surface area contributed by atoms with Gasteiger partial charge in [0.05, 0.1) is 27.7 Å². The van der Waals surface area contributed by atoms with Crippen molar-refractivity contribution in [3.63, 3.8) is 0 Å². The number of nitrogens with zero attached hydrogens (tertiary/aromatic N) is 1. The maximum Gasteiger partial charge on any atom is 0.472 e. The fraction of sp³-hybridized carbons (Fsp3) is 0.812. The van der Waals surface area contributed by atoms with Gasteiger partial charge in [-0.3, -0.25) is 18.6 Å². The van der Waals surface area contributed by atoms with Crippen LogP contribution in [0.4, 0.5) is 0 Å². The van der Waals surface area contributed by atoms with Gasteiger partial charge in [-0.2, -0.15) is 0 Å². The topological polar surface area (TPSA) is 142 Å². The first-order valence-corrected chi connectivity index (χ1v) is 17.8. The van der Waals surface area contributed by atoms with E-state index in [0.29, 0.717) is 30.2 Å². The predicted octanol–water partition coefficient (Wildman–Crippen LogP) is 6.26. The lowest BCUT2D eigenvalue weighted by atomic mass is 10.0. The van der Waals surface area contributed by atoms with Crippen molar-refractivity contribution in [2.75, 3.05) is 47.5 Å². The molecule has 44 heavy (non-hydrogen) atoms. The molecule has 0 saturated heterocycles. The van der Waals surface area contributed by atoms with E-state index >= 15 is 0 Å². The van der Waals surface area contributed by atoms with Gasteiger partial charge in [0.25, 0.3) is 0 Å². The van der Waals surface area contributed by atoms with E-state index in [0.717, 1.165) is 31.4 Å². The molecule has 256 valence electrons. The number of aldehydes is 1. The summed E-state index contributed by atoms with van der Waals surface area (Å²) in [4.78, 5) is 56.8. The highest BCUT2D eigenvalue weighted by atomic mass is 31.2. The molecule has 12 heteroatoms. The molecule has 0 spiro atoms. The standard InChI is InChI=1S/C32H58NO10P/c1-5-6-7-8-9-10-11-12-13-14-15-16-17-21-31(36)40-27-30(28-42-44(38,39)41-26-24-33(2,3)4)43-32(37)23-22-29(35)20-18-19-25-34/h22-23,25,30H,5-21,24,26-28H2,1-4H3/p+1/t30-/m1/s1. The van der Waals surface area contributed by atoms with Crippen molar-refractivity contribution in [3.05, 3.63) is 12.2 Å². The molecular weight excluding hydrogens is 589 g/mol. The highest BCUT2D eigenvalue weighted by Crippen LogP contribution is 2.43. The third kappa shape index (κ3) is 28.8. The minimum atomic E-state index is -4.46. The van der Waals surface area contributed by atoms with E-state index in [1.165, 1.54) is 57.8 Å². The Morgan fingerprint density at radius 1 is 0.773 bits per heavy atom. The number of hydrogen-bond donors (Lipinski definition) is 1. The molecule has 0 aromatic rings. The summed E-state index contributed by atoms with van der Waals surface area (Å²) in [7, 11) is 1.24. The summed E-state index contributed by atoms with van der Waals surface area (Å²) >= 11 is 0. The number of phosphoric ester groups is 1. The largest absolute Gasteiger partial charge is 0.472 e. The number of hydrogen-bond acceptors (Lipinski definition) is 9. The van der Waals surface area contributed by atoms with Crippen LogP contribution in [0.5, 0.6) is 0 Å². The van der Waals surface area contributed by atoms with Crippen molar-refractivity contribution in [1.29, 1.82) is 0 Å². The SMILES string of the molecule is CCCCCCCCCCCCCCCC(=O)OC[C@H](COP(=O)(O)OCC[N+](C)(C)C)OC(=O)C=CC(=O)CCCC=O. The first kappa shape index (κ1) is 42.1. The highest BCUT2D eigenvalue weighted by Gasteiger charge is 2.26.